The first-order chi connectivity index (χ1) is 15.5. The lowest BCUT2D eigenvalue weighted by Gasteiger charge is -2.32. The highest BCUT2D eigenvalue weighted by Gasteiger charge is 2.35. The Morgan fingerprint density at radius 2 is 1.78 bits per heavy atom. The number of carbonyl (C=O) groups is 2. The molecule has 1 aromatic heterocycles. The molecule has 0 unspecified atom stereocenters. The van der Waals surface area contributed by atoms with Crippen LogP contribution in [0.3, 0.4) is 0 Å². The van der Waals surface area contributed by atoms with Crippen LogP contribution in [0.4, 0.5) is 10.1 Å². The Morgan fingerprint density at radius 3 is 2.44 bits per heavy atom. The van der Waals surface area contributed by atoms with Crippen LogP contribution in [0.15, 0.2) is 66.0 Å². The molecule has 1 heterocycles. The van der Waals surface area contributed by atoms with Crippen LogP contribution in [0.5, 0.6) is 0 Å². The topological polar surface area (TPSA) is 49.4 Å². The Hall–Kier alpha value is -2.70. The van der Waals surface area contributed by atoms with Gasteiger partial charge in [0.1, 0.15) is 11.9 Å². The maximum absolute atomic E-state index is 14.9. The number of amides is 2. The van der Waals surface area contributed by atoms with Crippen LogP contribution in [0.1, 0.15) is 42.2 Å². The highest BCUT2D eigenvalue weighted by Crippen LogP contribution is 2.32. The summed E-state index contributed by atoms with van der Waals surface area (Å²) in [5.41, 5.74) is 0.656. The molecule has 1 fully saturated rings. The lowest BCUT2D eigenvalue weighted by molar-refractivity contribution is -0.127. The van der Waals surface area contributed by atoms with E-state index in [-0.39, 0.29) is 30.0 Å². The Kier molecular flexibility index (Phi) is 7.22. The third-order valence-corrected chi connectivity index (χ3v) is 6.81. The second-order valence-electron chi connectivity index (χ2n) is 7.92. The van der Waals surface area contributed by atoms with Gasteiger partial charge in [-0.25, -0.2) is 4.39 Å². The third kappa shape index (κ3) is 5.19. The maximum Gasteiger partial charge on any atom is 0.248 e. The molecule has 1 N–H and O–H groups in total. The quantitative estimate of drug-likeness (QED) is 0.466. The van der Waals surface area contributed by atoms with Crippen molar-refractivity contribution in [1.29, 1.82) is 0 Å². The monoisotopic (exact) mass is 470 g/mol. The molecule has 1 atom stereocenters. The second kappa shape index (κ2) is 10.3. The molecule has 166 valence electrons. The van der Waals surface area contributed by atoms with Crippen LogP contribution >= 0.6 is 22.9 Å². The van der Waals surface area contributed by atoms with Crippen molar-refractivity contribution in [3.8, 4) is 0 Å². The summed E-state index contributed by atoms with van der Waals surface area (Å²) in [5.74, 6) is -1.22. The van der Waals surface area contributed by atoms with E-state index < -0.39 is 11.9 Å². The van der Waals surface area contributed by atoms with Gasteiger partial charge in [0, 0.05) is 15.9 Å². The largest absolute Gasteiger partial charge is 0.351 e. The van der Waals surface area contributed by atoms with Crippen molar-refractivity contribution in [2.75, 3.05) is 4.90 Å². The van der Waals surface area contributed by atoms with Crippen LogP contribution in [0.25, 0.3) is 0 Å². The summed E-state index contributed by atoms with van der Waals surface area (Å²) in [7, 11) is 0. The molecule has 3 aromatic rings. The molecule has 4 nitrogen and oxygen atoms in total. The van der Waals surface area contributed by atoms with E-state index in [1.807, 2.05) is 17.5 Å². The molecule has 2 amide bonds. The molecule has 7 heteroatoms. The molecule has 0 aliphatic heterocycles. The SMILES string of the molecule is O=C(NC1CCCC1)[C@@H](c1ccc(Cl)cc1)N(C(=O)Cc1cccs1)c1ccccc1F. The second-order valence-corrected chi connectivity index (χ2v) is 9.38. The van der Waals surface area contributed by atoms with Gasteiger partial charge in [0.25, 0.3) is 0 Å². The van der Waals surface area contributed by atoms with Crippen molar-refractivity contribution in [3.05, 3.63) is 87.3 Å². The van der Waals surface area contributed by atoms with Gasteiger partial charge < -0.3 is 5.32 Å². The number of thiophene rings is 1. The number of benzene rings is 2. The lowest BCUT2D eigenvalue weighted by Crippen LogP contribution is -2.47. The molecule has 4 rings (SSSR count). The average molecular weight is 471 g/mol. The molecule has 1 aliphatic carbocycles. The molecule has 1 saturated carbocycles. The fourth-order valence-electron chi connectivity index (χ4n) is 4.12. The van der Waals surface area contributed by atoms with Gasteiger partial charge in [-0.15, -0.1) is 11.3 Å². The number of nitrogens with one attached hydrogen (secondary N) is 1. The number of hydrogen-bond acceptors (Lipinski definition) is 3. The van der Waals surface area contributed by atoms with Gasteiger partial charge in [-0.1, -0.05) is 54.8 Å². The van der Waals surface area contributed by atoms with E-state index in [1.165, 1.54) is 28.4 Å². The standard InChI is InChI=1S/C25H24ClFN2O2S/c26-18-13-11-17(12-14-18)24(25(31)28-19-6-1-2-7-19)29(22-10-4-3-9-21(22)27)23(30)16-20-8-5-15-32-20/h3-5,8-15,19,24H,1-2,6-7,16H2,(H,28,31)/t24-/m1/s1. The first kappa shape index (κ1) is 22.5. The van der Waals surface area contributed by atoms with Gasteiger partial charge in [-0.3, -0.25) is 14.5 Å². The minimum Gasteiger partial charge on any atom is -0.351 e. The Bertz CT molecular complexity index is 1070. The zero-order valence-corrected chi connectivity index (χ0v) is 19.0. The predicted octanol–water partition coefficient (Wildman–Crippen LogP) is 5.92. The van der Waals surface area contributed by atoms with Crippen molar-refractivity contribution in [1.82, 2.24) is 5.32 Å². The maximum atomic E-state index is 14.9. The highest BCUT2D eigenvalue weighted by molar-refractivity contribution is 7.10. The normalized spacial score (nSPS) is 14.8. The zero-order chi connectivity index (χ0) is 22.5. The van der Waals surface area contributed by atoms with Crippen molar-refractivity contribution in [3.63, 3.8) is 0 Å². The summed E-state index contributed by atoms with van der Waals surface area (Å²) in [6.07, 6.45) is 4.01. The fourth-order valence-corrected chi connectivity index (χ4v) is 4.95. The minimum atomic E-state index is -1.02. The first-order valence-electron chi connectivity index (χ1n) is 10.7. The molecule has 0 radical (unpaired) electrons. The summed E-state index contributed by atoms with van der Waals surface area (Å²) >= 11 is 7.53. The smallest absolute Gasteiger partial charge is 0.248 e. The van der Waals surface area contributed by atoms with Gasteiger partial charge in [-0.05, 0) is 54.1 Å². The van der Waals surface area contributed by atoms with Gasteiger partial charge >= 0.3 is 0 Å². The van der Waals surface area contributed by atoms with Crippen molar-refractivity contribution >= 4 is 40.4 Å². The summed E-state index contributed by atoms with van der Waals surface area (Å²) in [6.45, 7) is 0. The van der Waals surface area contributed by atoms with Gasteiger partial charge in [0.2, 0.25) is 11.8 Å². The zero-order valence-electron chi connectivity index (χ0n) is 17.5. The first-order valence-corrected chi connectivity index (χ1v) is 11.9. The lowest BCUT2D eigenvalue weighted by atomic mass is 10.0. The number of nitrogens with zero attached hydrogens (tertiary/aromatic N) is 1. The van der Waals surface area contributed by atoms with E-state index in [0.29, 0.717) is 10.6 Å². The molecular formula is C25H24ClFN2O2S. The molecule has 0 saturated heterocycles. The van der Waals surface area contributed by atoms with Crippen LogP contribution in [0.2, 0.25) is 5.02 Å². The fraction of sp³-hybridized carbons (Fsp3) is 0.280. The van der Waals surface area contributed by atoms with E-state index >= 15 is 0 Å². The summed E-state index contributed by atoms with van der Waals surface area (Å²) in [4.78, 5) is 29.2. The van der Waals surface area contributed by atoms with Crippen molar-refractivity contribution in [2.45, 2.75) is 44.2 Å². The van der Waals surface area contributed by atoms with Crippen LogP contribution in [-0.2, 0) is 16.0 Å². The Morgan fingerprint density at radius 1 is 1.06 bits per heavy atom. The third-order valence-electron chi connectivity index (χ3n) is 5.68. The summed E-state index contributed by atoms with van der Waals surface area (Å²) in [6, 6.07) is 15.6. The van der Waals surface area contributed by atoms with Crippen LogP contribution in [-0.4, -0.2) is 17.9 Å². The molecule has 32 heavy (non-hydrogen) atoms. The number of para-hydroxylation sites is 1. The summed E-state index contributed by atoms with van der Waals surface area (Å²) in [5, 5.41) is 5.50. The van der Waals surface area contributed by atoms with Crippen LogP contribution in [0, 0.1) is 5.82 Å². The molecule has 1 aliphatic rings. The number of carbonyl (C=O) groups excluding carboxylic acids is 2. The number of hydrogen-bond donors (Lipinski definition) is 1. The number of rotatable bonds is 7. The molecule has 0 spiro atoms. The van der Waals surface area contributed by atoms with E-state index in [0.717, 1.165) is 30.6 Å². The Balaban J connectivity index is 1.77. The number of anilines is 1. The van der Waals surface area contributed by atoms with Gasteiger partial charge in [0.15, 0.2) is 0 Å². The van der Waals surface area contributed by atoms with E-state index in [4.69, 9.17) is 11.6 Å². The molecular weight excluding hydrogens is 447 g/mol. The molecule has 0 bridgehead atoms. The van der Waals surface area contributed by atoms with Crippen molar-refractivity contribution in [2.24, 2.45) is 0 Å². The average Bonchev–Trinajstić information content (AvgIpc) is 3.48. The van der Waals surface area contributed by atoms with E-state index in [2.05, 4.69) is 5.32 Å². The van der Waals surface area contributed by atoms with E-state index in [1.54, 1.807) is 36.4 Å². The van der Waals surface area contributed by atoms with E-state index in [9.17, 15) is 14.0 Å². The minimum absolute atomic E-state index is 0.0622. The highest BCUT2D eigenvalue weighted by atomic mass is 35.5. The predicted molar refractivity (Wildman–Crippen MR) is 127 cm³/mol. The number of halogens is 2. The molecule has 2 aromatic carbocycles. The Labute approximate surface area is 196 Å². The van der Waals surface area contributed by atoms with Crippen LogP contribution < -0.4 is 10.2 Å². The van der Waals surface area contributed by atoms with Crippen molar-refractivity contribution < 1.29 is 14.0 Å². The summed E-state index contributed by atoms with van der Waals surface area (Å²) < 4.78 is 14.9. The van der Waals surface area contributed by atoms with Gasteiger partial charge in [0.05, 0.1) is 12.1 Å². The van der Waals surface area contributed by atoms with Gasteiger partial charge in [-0.2, -0.15) is 0 Å².